The summed E-state index contributed by atoms with van der Waals surface area (Å²) in [6.45, 7) is 4.87. The first kappa shape index (κ1) is 14.3. The lowest BCUT2D eigenvalue weighted by Gasteiger charge is -2.17. The zero-order valence-electron chi connectivity index (χ0n) is 11.4. The fraction of sp³-hybridized carbons (Fsp3) is 0.750. The normalized spacial score (nSPS) is 18.3. The van der Waals surface area contributed by atoms with E-state index in [4.69, 9.17) is 5.84 Å². The molecule has 0 bridgehead atoms. The third kappa shape index (κ3) is 3.27. The van der Waals surface area contributed by atoms with Crippen molar-refractivity contribution in [2.24, 2.45) is 11.8 Å². The van der Waals surface area contributed by atoms with Crippen LogP contribution in [0.3, 0.4) is 0 Å². The van der Waals surface area contributed by atoms with Gasteiger partial charge in [-0.2, -0.15) is 0 Å². The molecule has 0 fully saturated rings. The van der Waals surface area contributed by atoms with Gasteiger partial charge in [-0.25, -0.2) is 5.84 Å². The minimum atomic E-state index is -0.159. The zero-order valence-corrected chi connectivity index (χ0v) is 12.2. The quantitative estimate of drug-likeness (QED) is 0.374. The number of carbonyl (C=O) groups excluding carboxylic acids is 1. The molecule has 1 aromatic rings. The number of hydrogen-bond donors (Lipinski definition) is 2. The second kappa shape index (κ2) is 6.38. The smallest absolute Gasteiger partial charge is 0.237 e. The Kier molecular flexibility index (Phi) is 4.81. The van der Waals surface area contributed by atoms with E-state index < -0.39 is 0 Å². The maximum absolute atomic E-state index is 11.5. The monoisotopic (exact) mass is 283 g/mol. The molecule has 0 spiro atoms. The number of carbonyl (C=O) groups is 1. The van der Waals surface area contributed by atoms with Gasteiger partial charge in [-0.15, -0.1) is 10.2 Å². The Bertz CT molecular complexity index is 447. The molecule has 1 aliphatic rings. The summed E-state index contributed by atoms with van der Waals surface area (Å²) in [5.41, 5.74) is 2.20. The van der Waals surface area contributed by atoms with Crippen molar-refractivity contribution in [1.82, 2.24) is 20.2 Å². The van der Waals surface area contributed by atoms with Gasteiger partial charge >= 0.3 is 0 Å². The fourth-order valence-corrected chi connectivity index (χ4v) is 3.23. The SMILES string of the molecule is CC(Sc1nnc2n1CCCCC2)C(C)C(=O)NN. The van der Waals surface area contributed by atoms with Gasteiger partial charge in [0.15, 0.2) is 5.16 Å². The molecule has 3 N–H and O–H groups in total. The molecule has 6 nitrogen and oxygen atoms in total. The van der Waals surface area contributed by atoms with E-state index in [9.17, 15) is 4.79 Å². The molecule has 2 heterocycles. The number of aryl methyl sites for hydroxylation is 1. The van der Waals surface area contributed by atoms with Crippen molar-refractivity contribution in [3.63, 3.8) is 0 Å². The summed E-state index contributed by atoms with van der Waals surface area (Å²) < 4.78 is 2.20. The predicted molar refractivity (Wildman–Crippen MR) is 74.4 cm³/mol. The van der Waals surface area contributed by atoms with Crippen LogP contribution >= 0.6 is 11.8 Å². The first-order valence-corrected chi connectivity index (χ1v) is 7.60. The molecular formula is C12H21N5OS. The minimum absolute atomic E-state index is 0.111. The first-order valence-electron chi connectivity index (χ1n) is 6.72. The Morgan fingerprint density at radius 1 is 1.37 bits per heavy atom. The van der Waals surface area contributed by atoms with Crippen molar-refractivity contribution in [2.75, 3.05) is 0 Å². The topological polar surface area (TPSA) is 85.8 Å². The van der Waals surface area contributed by atoms with E-state index in [1.165, 1.54) is 19.3 Å². The summed E-state index contributed by atoms with van der Waals surface area (Å²) in [6, 6.07) is 0. The second-order valence-electron chi connectivity index (χ2n) is 4.98. The van der Waals surface area contributed by atoms with Crippen molar-refractivity contribution in [3.05, 3.63) is 5.82 Å². The molecule has 7 heteroatoms. The summed E-state index contributed by atoms with van der Waals surface area (Å²) in [4.78, 5) is 11.5. The lowest BCUT2D eigenvalue weighted by molar-refractivity contribution is -0.124. The van der Waals surface area contributed by atoms with Crippen LogP contribution in [0.25, 0.3) is 0 Å². The van der Waals surface area contributed by atoms with Crippen LogP contribution < -0.4 is 11.3 Å². The summed E-state index contributed by atoms with van der Waals surface area (Å²) in [7, 11) is 0. The van der Waals surface area contributed by atoms with Crippen molar-refractivity contribution in [2.45, 2.75) is 56.5 Å². The van der Waals surface area contributed by atoms with Gasteiger partial charge in [0.1, 0.15) is 5.82 Å². The van der Waals surface area contributed by atoms with Crippen molar-refractivity contribution < 1.29 is 4.79 Å². The van der Waals surface area contributed by atoms with E-state index in [1.54, 1.807) is 11.8 Å². The molecule has 1 aliphatic heterocycles. The number of nitrogens with zero attached hydrogens (tertiary/aromatic N) is 3. The number of nitrogens with two attached hydrogens (primary N) is 1. The molecule has 0 radical (unpaired) electrons. The molecule has 0 saturated heterocycles. The van der Waals surface area contributed by atoms with Gasteiger partial charge in [0.2, 0.25) is 5.91 Å². The van der Waals surface area contributed by atoms with E-state index in [0.29, 0.717) is 0 Å². The highest BCUT2D eigenvalue weighted by atomic mass is 32.2. The van der Waals surface area contributed by atoms with Crippen LogP contribution in [0, 0.1) is 5.92 Å². The van der Waals surface area contributed by atoms with Crippen LogP contribution in [0.5, 0.6) is 0 Å². The third-order valence-corrected chi connectivity index (χ3v) is 4.92. The van der Waals surface area contributed by atoms with Gasteiger partial charge in [0.05, 0.1) is 0 Å². The molecule has 2 unspecified atom stereocenters. The maximum Gasteiger partial charge on any atom is 0.237 e. The Balaban J connectivity index is 2.07. The van der Waals surface area contributed by atoms with E-state index in [0.717, 1.165) is 23.9 Å². The van der Waals surface area contributed by atoms with Crippen LogP contribution in [-0.2, 0) is 17.8 Å². The number of hydrogen-bond acceptors (Lipinski definition) is 5. The van der Waals surface area contributed by atoms with Crippen molar-refractivity contribution in [3.8, 4) is 0 Å². The number of rotatable bonds is 4. The van der Waals surface area contributed by atoms with Gasteiger partial charge in [-0.1, -0.05) is 32.0 Å². The summed E-state index contributed by atoms with van der Waals surface area (Å²) in [5, 5.41) is 9.55. The first-order chi connectivity index (χ1) is 9.13. The van der Waals surface area contributed by atoms with Gasteiger partial charge in [-0.3, -0.25) is 10.2 Å². The molecular weight excluding hydrogens is 262 g/mol. The van der Waals surface area contributed by atoms with Crippen LogP contribution in [-0.4, -0.2) is 25.9 Å². The van der Waals surface area contributed by atoms with Crippen LogP contribution in [0.1, 0.15) is 38.9 Å². The minimum Gasteiger partial charge on any atom is -0.306 e. The van der Waals surface area contributed by atoms with E-state index in [1.807, 2.05) is 13.8 Å². The molecule has 2 rings (SSSR count). The van der Waals surface area contributed by atoms with Gasteiger partial charge < -0.3 is 4.57 Å². The molecule has 2 atom stereocenters. The third-order valence-electron chi connectivity index (χ3n) is 3.63. The average molecular weight is 283 g/mol. The second-order valence-corrected chi connectivity index (χ2v) is 6.33. The standard InChI is InChI=1S/C12H21N5OS/c1-8(11(18)14-13)9(2)19-12-16-15-10-6-4-3-5-7-17(10)12/h8-9H,3-7,13H2,1-2H3,(H,14,18). The average Bonchev–Trinajstić information content (AvgIpc) is 2.65. The van der Waals surface area contributed by atoms with Crippen LogP contribution in [0.4, 0.5) is 0 Å². The molecule has 0 aliphatic carbocycles. The summed E-state index contributed by atoms with van der Waals surface area (Å²) >= 11 is 1.60. The van der Waals surface area contributed by atoms with Gasteiger partial charge in [0, 0.05) is 24.1 Å². The van der Waals surface area contributed by atoms with E-state index >= 15 is 0 Å². The highest BCUT2D eigenvalue weighted by molar-refractivity contribution is 7.99. The number of nitrogens with one attached hydrogen (secondary N) is 1. The molecule has 1 amide bonds. The van der Waals surface area contributed by atoms with E-state index in [2.05, 4.69) is 20.2 Å². The maximum atomic E-state index is 11.5. The largest absolute Gasteiger partial charge is 0.306 e. The lowest BCUT2D eigenvalue weighted by Crippen LogP contribution is -2.38. The Hall–Kier alpha value is -1.08. The summed E-state index contributed by atoms with van der Waals surface area (Å²) in [6.07, 6.45) is 4.60. The number of thioether (sulfide) groups is 1. The van der Waals surface area contributed by atoms with Crippen molar-refractivity contribution in [1.29, 1.82) is 0 Å². The van der Waals surface area contributed by atoms with Gasteiger partial charge in [0.25, 0.3) is 0 Å². The number of hydrazine groups is 1. The fourth-order valence-electron chi connectivity index (χ4n) is 2.16. The highest BCUT2D eigenvalue weighted by Gasteiger charge is 2.24. The number of fused-ring (bicyclic) bond motifs is 1. The zero-order chi connectivity index (χ0) is 13.8. The van der Waals surface area contributed by atoms with Crippen molar-refractivity contribution >= 4 is 17.7 Å². The molecule has 0 saturated carbocycles. The molecule has 19 heavy (non-hydrogen) atoms. The number of aromatic nitrogens is 3. The summed E-state index contributed by atoms with van der Waals surface area (Å²) in [5.74, 6) is 5.94. The Morgan fingerprint density at radius 3 is 2.89 bits per heavy atom. The predicted octanol–water partition coefficient (Wildman–Crippen LogP) is 1.11. The molecule has 106 valence electrons. The van der Waals surface area contributed by atoms with Gasteiger partial charge in [-0.05, 0) is 12.8 Å². The number of amides is 1. The van der Waals surface area contributed by atoms with Crippen LogP contribution in [0.2, 0.25) is 0 Å². The van der Waals surface area contributed by atoms with E-state index in [-0.39, 0.29) is 17.1 Å². The lowest BCUT2D eigenvalue weighted by atomic mass is 10.1. The highest BCUT2D eigenvalue weighted by Crippen LogP contribution is 2.28. The van der Waals surface area contributed by atoms with Crippen LogP contribution in [0.15, 0.2) is 5.16 Å². The molecule has 1 aromatic heterocycles. The Labute approximate surface area is 117 Å². The molecule has 0 aromatic carbocycles. The Morgan fingerprint density at radius 2 is 2.16 bits per heavy atom.